The molecule has 0 spiro atoms. The third kappa shape index (κ3) is 5.90. The number of carbonyl (C=O) groups excluding carboxylic acids is 1. The first-order valence-corrected chi connectivity index (χ1v) is 7.31. The van der Waals surface area contributed by atoms with Gasteiger partial charge in [-0.15, -0.1) is 6.42 Å². The van der Waals surface area contributed by atoms with E-state index < -0.39 is 5.97 Å². The van der Waals surface area contributed by atoms with E-state index in [1.54, 1.807) is 6.08 Å². The summed E-state index contributed by atoms with van der Waals surface area (Å²) in [4.78, 5) is 11.4. The largest absolute Gasteiger partial charge is 0.489 e. The van der Waals surface area contributed by atoms with Gasteiger partial charge in [0, 0.05) is 11.1 Å². The lowest BCUT2D eigenvalue weighted by atomic mass is 10.2. The highest BCUT2D eigenvalue weighted by atomic mass is 35.5. The third-order valence-electron chi connectivity index (χ3n) is 2.89. The molecule has 0 fully saturated rings. The van der Waals surface area contributed by atoms with Crippen LogP contribution in [-0.2, 0) is 16.1 Å². The highest BCUT2D eigenvalue weighted by Gasteiger charge is 1.99. The molecule has 0 bridgehead atoms. The minimum absolute atomic E-state index is 0.0343. The van der Waals surface area contributed by atoms with Gasteiger partial charge in [-0.2, -0.15) is 0 Å². The summed E-state index contributed by atoms with van der Waals surface area (Å²) in [5, 5.41) is 0.692. The SMILES string of the molecule is C#CCOC(=O)/C=C/c1cccc(OCc2ccc(Cl)cc2)c1. The van der Waals surface area contributed by atoms with E-state index >= 15 is 0 Å². The van der Waals surface area contributed by atoms with E-state index in [1.807, 2.05) is 48.5 Å². The predicted octanol–water partition coefficient (Wildman–Crippen LogP) is 4.11. The molecule has 0 amide bonds. The van der Waals surface area contributed by atoms with E-state index in [0.29, 0.717) is 17.4 Å². The summed E-state index contributed by atoms with van der Waals surface area (Å²) in [5.41, 5.74) is 1.85. The molecular weight excluding hydrogens is 312 g/mol. The van der Waals surface area contributed by atoms with Crippen LogP contribution in [0.4, 0.5) is 0 Å². The maximum Gasteiger partial charge on any atom is 0.331 e. The number of halogens is 1. The second kappa shape index (κ2) is 8.67. The van der Waals surface area contributed by atoms with Crippen LogP contribution in [0.25, 0.3) is 6.08 Å². The van der Waals surface area contributed by atoms with Crippen molar-refractivity contribution >= 4 is 23.6 Å². The number of rotatable bonds is 6. The molecule has 0 saturated heterocycles. The molecule has 0 saturated carbocycles. The highest BCUT2D eigenvalue weighted by molar-refractivity contribution is 6.30. The Hall–Kier alpha value is -2.70. The molecule has 0 radical (unpaired) electrons. The van der Waals surface area contributed by atoms with Gasteiger partial charge in [0.15, 0.2) is 6.61 Å². The van der Waals surface area contributed by atoms with Gasteiger partial charge in [0.2, 0.25) is 0 Å². The first-order valence-electron chi connectivity index (χ1n) is 6.93. The van der Waals surface area contributed by atoms with Gasteiger partial charge in [-0.3, -0.25) is 0 Å². The van der Waals surface area contributed by atoms with E-state index in [4.69, 9.17) is 27.5 Å². The molecule has 0 aliphatic rings. The van der Waals surface area contributed by atoms with Crippen molar-refractivity contribution in [1.82, 2.24) is 0 Å². The Morgan fingerprint density at radius 3 is 2.74 bits per heavy atom. The van der Waals surface area contributed by atoms with Gasteiger partial charge in [0.1, 0.15) is 12.4 Å². The van der Waals surface area contributed by atoms with E-state index in [2.05, 4.69) is 5.92 Å². The molecule has 0 aromatic heterocycles. The Kier molecular flexibility index (Phi) is 6.28. The van der Waals surface area contributed by atoms with E-state index in [1.165, 1.54) is 6.08 Å². The molecule has 0 aliphatic carbocycles. The van der Waals surface area contributed by atoms with Crippen LogP contribution < -0.4 is 4.74 Å². The molecule has 0 atom stereocenters. The van der Waals surface area contributed by atoms with Gasteiger partial charge < -0.3 is 9.47 Å². The smallest absolute Gasteiger partial charge is 0.331 e. The molecule has 0 unspecified atom stereocenters. The zero-order valence-electron chi connectivity index (χ0n) is 12.4. The first-order chi connectivity index (χ1) is 11.2. The lowest BCUT2D eigenvalue weighted by Crippen LogP contribution is -1.99. The number of terminal acetylenes is 1. The quantitative estimate of drug-likeness (QED) is 0.455. The van der Waals surface area contributed by atoms with Crippen LogP contribution in [0.1, 0.15) is 11.1 Å². The molecule has 2 aromatic carbocycles. The Labute approximate surface area is 140 Å². The zero-order valence-corrected chi connectivity index (χ0v) is 13.1. The van der Waals surface area contributed by atoms with Crippen LogP contribution in [0.15, 0.2) is 54.6 Å². The second-order valence-electron chi connectivity index (χ2n) is 4.63. The first kappa shape index (κ1) is 16.7. The van der Waals surface area contributed by atoms with Gasteiger partial charge in [-0.1, -0.05) is 41.8 Å². The van der Waals surface area contributed by atoms with Crippen molar-refractivity contribution in [1.29, 1.82) is 0 Å². The van der Waals surface area contributed by atoms with Crippen LogP contribution in [0.5, 0.6) is 5.75 Å². The van der Waals surface area contributed by atoms with Gasteiger partial charge in [-0.25, -0.2) is 4.79 Å². The maximum atomic E-state index is 11.4. The average molecular weight is 327 g/mol. The Morgan fingerprint density at radius 2 is 2.00 bits per heavy atom. The molecule has 116 valence electrons. The summed E-state index contributed by atoms with van der Waals surface area (Å²) in [6.45, 7) is 0.405. The Morgan fingerprint density at radius 1 is 1.22 bits per heavy atom. The standard InChI is InChI=1S/C19H15ClO3/c1-2-12-22-19(21)11-8-15-4-3-5-18(13-15)23-14-16-6-9-17(20)10-7-16/h1,3-11,13H,12,14H2/b11-8+. The monoisotopic (exact) mass is 326 g/mol. The number of esters is 1. The van der Waals surface area contributed by atoms with Crippen molar-refractivity contribution < 1.29 is 14.3 Å². The van der Waals surface area contributed by atoms with Crippen LogP contribution in [0.3, 0.4) is 0 Å². The van der Waals surface area contributed by atoms with Gasteiger partial charge in [0.25, 0.3) is 0 Å². The number of carbonyl (C=O) groups is 1. The van der Waals surface area contributed by atoms with Crippen molar-refractivity contribution in [2.45, 2.75) is 6.61 Å². The molecule has 0 N–H and O–H groups in total. The molecule has 0 heterocycles. The zero-order chi connectivity index (χ0) is 16.5. The number of hydrogen-bond donors (Lipinski definition) is 0. The van der Waals surface area contributed by atoms with Gasteiger partial charge >= 0.3 is 5.97 Å². The van der Waals surface area contributed by atoms with Crippen LogP contribution >= 0.6 is 11.6 Å². The molecule has 2 rings (SSSR count). The highest BCUT2D eigenvalue weighted by Crippen LogP contribution is 2.17. The molecule has 4 heteroatoms. The summed E-state index contributed by atoms with van der Waals surface area (Å²) in [6.07, 6.45) is 7.99. The lowest BCUT2D eigenvalue weighted by molar-refractivity contribution is -0.136. The Balaban J connectivity index is 1.94. The number of ether oxygens (including phenoxy) is 2. The van der Waals surface area contributed by atoms with Crippen LogP contribution in [0.2, 0.25) is 5.02 Å². The van der Waals surface area contributed by atoms with E-state index in [0.717, 1.165) is 11.1 Å². The molecule has 23 heavy (non-hydrogen) atoms. The molecule has 2 aromatic rings. The lowest BCUT2D eigenvalue weighted by Gasteiger charge is -2.07. The summed E-state index contributed by atoms with van der Waals surface area (Å²) in [5.74, 6) is 2.47. The van der Waals surface area contributed by atoms with Crippen molar-refractivity contribution in [2.24, 2.45) is 0 Å². The third-order valence-corrected chi connectivity index (χ3v) is 3.14. The fourth-order valence-corrected chi connectivity index (χ4v) is 1.91. The summed E-state index contributed by atoms with van der Waals surface area (Å²) >= 11 is 5.84. The van der Waals surface area contributed by atoms with Gasteiger partial charge in [0.05, 0.1) is 0 Å². The molecule has 3 nitrogen and oxygen atoms in total. The number of hydrogen-bond acceptors (Lipinski definition) is 3. The normalized spacial score (nSPS) is 10.3. The van der Waals surface area contributed by atoms with E-state index in [-0.39, 0.29) is 6.61 Å². The predicted molar refractivity (Wildman–Crippen MR) is 91.1 cm³/mol. The maximum absolute atomic E-state index is 11.4. The molecule has 0 aliphatic heterocycles. The van der Waals surface area contributed by atoms with E-state index in [9.17, 15) is 4.79 Å². The van der Waals surface area contributed by atoms with Gasteiger partial charge in [-0.05, 0) is 41.5 Å². The minimum atomic E-state index is -0.476. The average Bonchev–Trinajstić information content (AvgIpc) is 2.58. The number of benzene rings is 2. The van der Waals surface area contributed by atoms with Crippen molar-refractivity contribution in [3.05, 3.63) is 70.8 Å². The van der Waals surface area contributed by atoms with Crippen LogP contribution in [0, 0.1) is 12.3 Å². The van der Waals surface area contributed by atoms with Crippen molar-refractivity contribution in [3.63, 3.8) is 0 Å². The summed E-state index contributed by atoms with van der Waals surface area (Å²) in [6, 6.07) is 14.9. The topological polar surface area (TPSA) is 35.5 Å². The van der Waals surface area contributed by atoms with Crippen molar-refractivity contribution in [3.8, 4) is 18.1 Å². The summed E-state index contributed by atoms with van der Waals surface area (Å²) in [7, 11) is 0. The summed E-state index contributed by atoms with van der Waals surface area (Å²) < 4.78 is 10.5. The second-order valence-corrected chi connectivity index (χ2v) is 5.07. The van der Waals surface area contributed by atoms with Crippen molar-refractivity contribution in [2.75, 3.05) is 6.61 Å². The fraction of sp³-hybridized carbons (Fsp3) is 0.105. The molecular formula is C19H15ClO3. The Bertz CT molecular complexity index is 727. The fourth-order valence-electron chi connectivity index (χ4n) is 1.78. The minimum Gasteiger partial charge on any atom is -0.489 e. The van der Waals surface area contributed by atoms with Crippen LogP contribution in [-0.4, -0.2) is 12.6 Å².